The van der Waals surface area contributed by atoms with Gasteiger partial charge in [-0.3, -0.25) is 4.79 Å². The van der Waals surface area contributed by atoms with Gasteiger partial charge in [0.15, 0.2) is 0 Å². The number of nitrogens with one attached hydrogen (secondary N) is 1. The molecule has 2 amide bonds. The van der Waals surface area contributed by atoms with Crippen molar-refractivity contribution >= 4 is 12.0 Å². The van der Waals surface area contributed by atoms with Crippen LogP contribution in [-0.4, -0.2) is 47.6 Å². The summed E-state index contributed by atoms with van der Waals surface area (Å²) in [6, 6.07) is -0.296. The highest BCUT2D eigenvalue weighted by atomic mass is 19.3. The molecule has 1 heterocycles. The standard InChI is InChI=1S/C12H18F2N2O3/c13-12(14)5-8(6-12)1-3-15-11(19)16-4-2-9(7-16)10(17)18/h8-9H,1-7H2,(H,15,19)(H,17,18). The average molecular weight is 276 g/mol. The predicted molar refractivity (Wildman–Crippen MR) is 63.0 cm³/mol. The van der Waals surface area contributed by atoms with Crippen LogP contribution in [0.5, 0.6) is 0 Å². The van der Waals surface area contributed by atoms with Crippen LogP contribution in [0.3, 0.4) is 0 Å². The molecule has 19 heavy (non-hydrogen) atoms. The van der Waals surface area contributed by atoms with E-state index in [1.807, 2.05) is 0 Å². The molecule has 5 nitrogen and oxygen atoms in total. The number of nitrogens with zero attached hydrogens (tertiary/aromatic N) is 1. The zero-order valence-electron chi connectivity index (χ0n) is 10.6. The Kier molecular flexibility index (Phi) is 3.91. The van der Waals surface area contributed by atoms with Crippen molar-refractivity contribution in [3.8, 4) is 0 Å². The van der Waals surface area contributed by atoms with Gasteiger partial charge >= 0.3 is 12.0 Å². The van der Waals surface area contributed by atoms with Crippen LogP contribution >= 0.6 is 0 Å². The molecule has 2 N–H and O–H groups in total. The van der Waals surface area contributed by atoms with Crippen molar-refractivity contribution in [2.45, 2.75) is 31.6 Å². The zero-order chi connectivity index (χ0) is 14.0. The predicted octanol–water partition coefficient (Wildman–Crippen LogP) is 1.54. The lowest BCUT2D eigenvalue weighted by atomic mass is 9.79. The molecule has 1 saturated carbocycles. The molecule has 1 atom stereocenters. The van der Waals surface area contributed by atoms with Gasteiger partial charge in [-0.2, -0.15) is 0 Å². The maximum Gasteiger partial charge on any atom is 0.317 e. The molecule has 0 aromatic rings. The Bertz CT molecular complexity index is 368. The van der Waals surface area contributed by atoms with Crippen molar-refractivity contribution in [2.75, 3.05) is 19.6 Å². The summed E-state index contributed by atoms with van der Waals surface area (Å²) in [5, 5.41) is 11.5. The van der Waals surface area contributed by atoms with Gasteiger partial charge in [0.05, 0.1) is 5.92 Å². The van der Waals surface area contributed by atoms with Crippen molar-refractivity contribution in [2.24, 2.45) is 11.8 Å². The number of urea groups is 1. The van der Waals surface area contributed by atoms with Crippen LogP contribution in [-0.2, 0) is 4.79 Å². The van der Waals surface area contributed by atoms with Gasteiger partial charge in [0.1, 0.15) is 0 Å². The monoisotopic (exact) mass is 276 g/mol. The molecule has 7 heteroatoms. The molecule has 0 spiro atoms. The van der Waals surface area contributed by atoms with E-state index in [4.69, 9.17) is 5.11 Å². The Morgan fingerprint density at radius 2 is 2.05 bits per heavy atom. The molecule has 0 aromatic heterocycles. The van der Waals surface area contributed by atoms with Crippen molar-refractivity contribution in [3.63, 3.8) is 0 Å². The quantitative estimate of drug-likeness (QED) is 0.818. The number of hydrogen-bond donors (Lipinski definition) is 2. The molecule has 2 aliphatic rings. The van der Waals surface area contributed by atoms with E-state index < -0.39 is 17.8 Å². The highest BCUT2D eigenvalue weighted by Crippen LogP contribution is 2.43. The molecule has 2 rings (SSSR count). The molecule has 0 bridgehead atoms. The van der Waals surface area contributed by atoms with Gasteiger partial charge in [0, 0.05) is 32.5 Å². The van der Waals surface area contributed by atoms with Crippen LogP contribution in [0, 0.1) is 11.8 Å². The van der Waals surface area contributed by atoms with E-state index in [0.29, 0.717) is 25.9 Å². The fourth-order valence-corrected chi connectivity index (χ4v) is 2.63. The first-order chi connectivity index (χ1) is 8.87. The molecule has 1 unspecified atom stereocenters. The van der Waals surface area contributed by atoms with Crippen LogP contribution < -0.4 is 5.32 Å². The highest BCUT2D eigenvalue weighted by Gasteiger charge is 2.44. The number of aliphatic carboxylic acids is 1. The fourth-order valence-electron chi connectivity index (χ4n) is 2.63. The first-order valence-electron chi connectivity index (χ1n) is 6.51. The van der Waals surface area contributed by atoms with E-state index >= 15 is 0 Å². The number of alkyl halides is 2. The molecular weight excluding hydrogens is 258 g/mol. The Balaban J connectivity index is 1.62. The molecule has 1 saturated heterocycles. The summed E-state index contributed by atoms with van der Waals surface area (Å²) in [5.41, 5.74) is 0. The summed E-state index contributed by atoms with van der Waals surface area (Å²) in [6.45, 7) is 1.03. The number of amides is 2. The van der Waals surface area contributed by atoms with Gasteiger partial charge in [-0.05, 0) is 18.8 Å². The first kappa shape index (κ1) is 14.0. The van der Waals surface area contributed by atoms with Gasteiger partial charge in [0.25, 0.3) is 0 Å². The third kappa shape index (κ3) is 3.54. The third-order valence-electron chi connectivity index (χ3n) is 3.83. The summed E-state index contributed by atoms with van der Waals surface area (Å²) in [5.74, 6) is -3.90. The first-order valence-corrected chi connectivity index (χ1v) is 6.51. The van der Waals surface area contributed by atoms with Crippen LogP contribution in [0.2, 0.25) is 0 Å². The molecular formula is C12H18F2N2O3. The van der Waals surface area contributed by atoms with Gasteiger partial charge < -0.3 is 15.3 Å². The van der Waals surface area contributed by atoms with Crippen LogP contribution in [0.4, 0.5) is 13.6 Å². The highest BCUT2D eigenvalue weighted by molar-refractivity contribution is 5.77. The van der Waals surface area contributed by atoms with Gasteiger partial charge in [-0.25, -0.2) is 13.6 Å². The number of carboxylic acids is 1. The topological polar surface area (TPSA) is 69.6 Å². The second-order valence-electron chi connectivity index (χ2n) is 5.42. The third-order valence-corrected chi connectivity index (χ3v) is 3.83. The minimum Gasteiger partial charge on any atom is -0.481 e. The second-order valence-corrected chi connectivity index (χ2v) is 5.42. The van der Waals surface area contributed by atoms with E-state index in [1.165, 1.54) is 4.90 Å². The van der Waals surface area contributed by atoms with E-state index in [-0.39, 0.29) is 31.3 Å². The summed E-state index contributed by atoms with van der Waals surface area (Å²) in [6.07, 6.45) is 0.844. The number of likely N-dealkylation sites (tertiary alicyclic amines) is 1. The molecule has 108 valence electrons. The SMILES string of the molecule is O=C(O)C1CCN(C(=O)NCCC2CC(F)(F)C2)C1. The number of hydrogen-bond acceptors (Lipinski definition) is 2. The maximum absolute atomic E-state index is 12.6. The molecule has 2 fully saturated rings. The lowest BCUT2D eigenvalue weighted by molar-refractivity contribution is -0.141. The Hall–Kier alpha value is -1.40. The van der Waals surface area contributed by atoms with Crippen molar-refractivity contribution in [1.82, 2.24) is 10.2 Å². The summed E-state index contributed by atoms with van der Waals surface area (Å²) in [4.78, 5) is 23.9. The van der Waals surface area contributed by atoms with E-state index in [0.717, 1.165) is 0 Å². The molecule has 1 aliphatic carbocycles. The largest absolute Gasteiger partial charge is 0.481 e. The summed E-state index contributed by atoms with van der Waals surface area (Å²) in [7, 11) is 0. The number of carbonyl (C=O) groups excluding carboxylic acids is 1. The van der Waals surface area contributed by atoms with E-state index in [1.54, 1.807) is 0 Å². The summed E-state index contributed by atoms with van der Waals surface area (Å²) < 4.78 is 25.2. The molecule has 0 radical (unpaired) electrons. The Morgan fingerprint density at radius 3 is 2.58 bits per heavy atom. The number of rotatable bonds is 4. The Morgan fingerprint density at radius 1 is 1.37 bits per heavy atom. The average Bonchev–Trinajstić information content (AvgIpc) is 2.75. The van der Waals surface area contributed by atoms with Crippen LogP contribution in [0.1, 0.15) is 25.7 Å². The van der Waals surface area contributed by atoms with Crippen molar-refractivity contribution in [3.05, 3.63) is 0 Å². The van der Waals surface area contributed by atoms with E-state index in [2.05, 4.69) is 5.32 Å². The normalized spacial score (nSPS) is 26.0. The number of halogens is 2. The maximum atomic E-state index is 12.6. The van der Waals surface area contributed by atoms with Gasteiger partial charge in [0.2, 0.25) is 5.92 Å². The number of carboxylic acid groups (broad SMARTS) is 1. The molecule has 1 aliphatic heterocycles. The van der Waals surface area contributed by atoms with Gasteiger partial charge in [-0.15, -0.1) is 0 Å². The summed E-state index contributed by atoms with van der Waals surface area (Å²) >= 11 is 0. The van der Waals surface area contributed by atoms with Gasteiger partial charge in [-0.1, -0.05) is 0 Å². The fraction of sp³-hybridized carbons (Fsp3) is 0.833. The lowest BCUT2D eigenvalue weighted by Crippen LogP contribution is -2.41. The minimum absolute atomic E-state index is 0.0133. The van der Waals surface area contributed by atoms with Crippen molar-refractivity contribution < 1.29 is 23.5 Å². The zero-order valence-corrected chi connectivity index (χ0v) is 10.6. The van der Waals surface area contributed by atoms with Crippen LogP contribution in [0.15, 0.2) is 0 Å². The second kappa shape index (κ2) is 5.30. The smallest absolute Gasteiger partial charge is 0.317 e. The van der Waals surface area contributed by atoms with Crippen LogP contribution in [0.25, 0.3) is 0 Å². The minimum atomic E-state index is -2.52. The molecule has 0 aromatic carbocycles. The van der Waals surface area contributed by atoms with E-state index in [9.17, 15) is 18.4 Å². The lowest BCUT2D eigenvalue weighted by Gasteiger charge is -2.35. The van der Waals surface area contributed by atoms with Crippen molar-refractivity contribution in [1.29, 1.82) is 0 Å². The number of carbonyl (C=O) groups is 2. The Labute approximate surface area is 109 Å².